The van der Waals surface area contributed by atoms with Gasteiger partial charge in [-0.15, -0.1) is 0 Å². The average molecular weight is 492 g/mol. The average Bonchev–Trinajstić information content (AvgIpc) is 3.56. The highest BCUT2D eigenvalue weighted by molar-refractivity contribution is 7.90. The maximum Gasteiger partial charge on any atom is 0.228 e. The van der Waals surface area contributed by atoms with E-state index in [0.29, 0.717) is 18.8 Å². The first-order chi connectivity index (χ1) is 16.3. The van der Waals surface area contributed by atoms with Gasteiger partial charge in [-0.3, -0.25) is 4.79 Å². The van der Waals surface area contributed by atoms with Crippen molar-refractivity contribution < 1.29 is 22.3 Å². The molecule has 186 valence electrons. The van der Waals surface area contributed by atoms with Crippen LogP contribution in [0, 0.1) is 11.7 Å². The molecule has 1 aromatic heterocycles. The van der Waals surface area contributed by atoms with E-state index in [-0.39, 0.29) is 41.2 Å². The van der Waals surface area contributed by atoms with Gasteiger partial charge >= 0.3 is 0 Å². The summed E-state index contributed by atoms with van der Waals surface area (Å²) in [5.41, 5.74) is 0.763. The maximum absolute atomic E-state index is 14.2. The van der Waals surface area contributed by atoms with E-state index >= 15 is 0 Å². The Labute approximate surface area is 201 Å². The number of carbonyl (C=O) groups is 1. The van der Waals surface area contributed by atoms with Gasteiger partial charge in [-0.25, -0.2) is 17.8 Å². The topological polar surface area (TPSA) is 81.5 Å². The summed E-state index contributed by atoms with van der Waals surface area (Å²) in [6, 6.07) is 5.85. The van der Waals surface area contributed by atoms with Crippen LogP contribution in [-0.2, 0) is 38.2 Å². The number of halogens is 1. The summed E-state index contributed by atoms with van der Waals surface area (Å²) in [4.78, 5) is 19.4. The quantitative estimate of drug-likeness (QED) is 0.528. The van der Waals surface area contributed by atoms with Crippen LogP contribution in [0.5, 0.6) is 0 Å². The number of ether oxygens (including phenoxy) is 1. The lowest BCUT2D eigenvalue weighted by Crippen LogP contribution is -2.40. The smallest absolute Gasteiger partial charge is 0.228 e. The van der Waals surface area contributed by atoms with E-state index in [2.05, 4.69) is 4.98 Å². The molecule has 7 nitrogen and oxygen atoms in total. The van der Waals surface area contributed by atoms with Crippen LogP contribution in [0.15, 0.2) is 35.6 Å². The molecule has 2 aliphatic rings. The molecule has 0 spiro atoms. The summed E-state index contributed by atoms with van der Waals surface area (Å²) < 4.78 is 48.4. The van der Waals surface area contributed by atoms with Crippen LogP contribution < -0.4 is 0 Å². The molecule has 0 N–H and O–H groups in total. The summed E-state index contributed by atoms with van der Waals surface area (Å²) >= 11 is 0. The van der Waals surface area contributed by atoms with Crippen LogP contribution in [0.25, 0.3) is 0 Å². The van der Waals surface area contributed by atoms with Gasteiger partial charge in [0, 0.05) is 24.1 Å². The zero-order valence-electron chi connectivity index (χ0n) is 20.0. The van der Waals surface area contributed by atoms with E-state index < -0.39 is 21.4 Å². The molecule has 2 aromatic rings. The number of hydrogen-bond donors (Lipinski definition) is 0. The standard InChI is InChI=1S/C25H34FN3O4S/c1-18(2)28(24(30)19-8-3-4-9-19)15-21-14-27-25(29(21)16-22-11-7-13-33-22)34(31,32)17-20-10-5-6-12-23(20)26/h5-6,10,12,14,18-19,22H,3-4,7-9,11,13,15-17H2,1-2H3/t22-/m0/s1. The number of imidazole rings is 1. The van der Waals surface area contributed by atoms with Crippen molar-refractivity contribution in [3.8, 4) is 0 Å². The first-order valence-electron chi connectivity index (χ1n) is 12.2. The highest BCUT2D eigenvalue weighted by atomic mass is 32.2. The van der Waals surface area contributed by atoms with Crippen molar-refractivity contribution in [3.05, 3.63) is 47.5 Å². The molecule has 2 heterocycles. The second kappa shape index (κ2) is 10.6. The minimum absolute atomic E-state index is 0.0289. The molecule has 1 saturated carbocycles. The molecule has 2 fully saturated rings. The van der Waals surface area contributed by atoms with Crippen molar-refractivity contribution in [2.24, 2.45) is 5.92 Å². The molecule has 0 bridgehead atoms. The number of benzene rings is 1. The minimum atomic E-state index is -3.93. The molecule has 0 unspecified atom stereocenters. The Balaban J connectivity index is 1.65. The predicted octanol–water partition coefficient (Wildman–Crippen LogP) is 4.10. The first kappa shape index (κ1) is 24.9. The van der Waals surface area contributed by atoms with E-state index in [9.17, 15) is 17.6 Å². The van der Waals surface area contributed by atoms with Gasteiger partial charge < -0.3 is 14.2 Å². The first-order valence-corrected chi connectivity index (χ1v) is 13.8. The van der Waals surface area contributed by atoms with Crippen molar-refractivity contribution in [1.82, 2.24) is 14.5 Å². The highest BCUT2D eigenvalue weighted by Gasteiger charge is 2.32. The van der Waals surface area contributed by atoms with Crippen LogP contribution >= 0.6 is 0 Å². The van der Waals surface area contributed by atoms with Gasteiger partial charge in [0.2, 0.25) is 20.9 Å². The molecular formula is C25H34FN3O4S. The van der Waals surface area contributed by atoms with E-state index in [0.717, 1.165) is 38.5 Å². The number of hydrogen-bond acceptors (Lipinski definition) is 5. The number of sulfone groups is 1. The number of rotatable bonds is 9. The third-order valence-corrected chi connectivity index (χ3v) is 8.41. The SMILES string of the molecule is CC(C)N(Cc1cnc(S(=O)(=O)Cc2ccccc2F)n1C[C@@H]1CCCO1)C(=O)C1CCCC1. The number of aromatic nitrogens is 2. The molecule has 1 amide bonds. The fourth-order valence-corrected chi connectivity index (χ4v) is 6.45. The summed E-state index contributed by atoms with van der Waals surface area (Å²) in [7, 11) is -3.93. The van der Waals surface area contributed by atoms with Crippen LogP contribution in [0.2, 0.25) is 0 Å². The molecule has 34 heavy (non-hydrogen) atoms. The lowest BCUT2D eigenvalue weighted by atomic mass is 10.1. The molecule has 1 atom stereocenters. The van der Waals surface area contributed by atoms with E-state index in [4.69, 9.17) is 4.74 Å². The molecule has 9 heteroatoms. The Kier molecular flexibility index (Phi) is 7.72. The minimum Gasteiger partial charge on any atom is -0.376 e. The molecule has 1 aliphatic carbocycles. The fraction of sp³-hybridized carbons (Fsp3) is 0.600. The number of nitrogens with zero attached hydrogens (tertiary/aromatic N) is 3. The largest absolute Gasteiger partial charge is 0.376 e. The van der Waals surface area contributed by atoms with Crippen LogP contribution in [-0.4, -0.2) is 47.5 Å². The molecule has 1 aromatic carbocycles. The Morgan fingerprint density at radius 3 is 2.59 bits per heavy atom. The van der Waals surface area contributed by atoms with Gasteiger partial charge in [0.15, 0.2) is 0 Å². The lowest BCUT2D eigenvalue weighted by molar-refractivity contribution is -0.137. The van der Waals surface area contributed by atoms with Gasteiger partial charge in [-0.05, 0) is 45.6 Å². The van der Waals surface area contributed by atoms with Gasteiger partial charge in [0.1, 0.15) is 5.82 Å². The summed E-state index contributed by atoms with van der Waals surface area (Å²) in [6.45, 7) is 5.21. The third-order valence-electron chi connectivity index (χ3n) is 6.84. The fourth-order valence-electron chi connectivity index (χ4n) is 4.94. The Morgan fingerprint density at radius 1 is 1.21 bits per heavy atom. The van der Waals surface area contributed by atoms with Crippen molar-refractivity contribution in [2.75, 3.05) is 6.61 Å². The van der Waals surface area contributed by atoms with E-state index in [1.54, 1.807) is 16.8 Å². The zero-order valence-corrected chi connectivity index (χ0v) is 20.8. The van der Waals surface area contributed by atoms with Crippen LogP contribution in [0.4, 0.5) is 4.39 Å². The normalized spacial score (nSPS) is 19.2. The lowest BCUT2D eigenvalue weighted by Gasteiger charge is -2.30. The highest BCUT2D eigenvalue weighted by Crippen LogP contribution is 2.29. The Hall–Kier alpha value is -2.26. The Bertz CT molecular complexity index is 1100. The molecule has 1 aliphatic heterocycles. The number of carbonyl (C=O) groups excluding carboxylic acids is 1. The van der Waals surface area contributed by atoms with Gasteiger partial charge in [-0.2, -0.15) is 0 Å². The third kappa shape index (κ3) is 5.51. The second-order valence-electron chi connectivity index (χ2n) is 9.67. The van der Waals surface area contributed by atoms with E-state index in [1.165, 1.54) is 18.2 Å². The molecule has 4 rings (SSSR count). The van der Waals surface area contributed by atoms with Crippen LogP contribution in [0.3, 0.4) is 0 Å². The van der Waals surface area contributed by atoms with Crippen molar-refractivity contribution >= 4 is 15.7 Å². The summed E-state index contributed by atoms with van der Waals surface area (Å²) in [5, 5.41) is -0.0988. The Morgan fingerprint density at radius 2 is 1.94 bits per heavy atom. The van der Waals surface area contributed by atoms with Crippen LogP contribution in [0.1, 0.15) is 63.6 Å². The van der Waals surface area contributed by atoms with Gasteiger partial charge in [0.25, 0.3) is 0 Å². The second-order valence-corrected chi connectivity index (χ2v) is 11.6. The summed E-state index contributed by atoms with van der Waals surface area (Å²) in [5.74, 6) is -0.887. The molecule has 0 radical (unpaired) electrons. The zero-order chi connectivity index (χ0) is 24.3. The van der Waals surface area contributed by atoms with Crippen molar-refractivity contribution in [2.45, 2.75) is 88.5 Å². The van der Waals surface area contributed by atoms with Crippen molar-refractivity contribution in [1.29, 1.82) is 0 Å². The number of amides is 1. The molecular weight excluding hydrogens is 457 g/mol. The monoisotopic (exact) mass is 491 g/mol. The molecule has 1 saturated heterocycles. The summed E-state index contributed by atoms with van der Waals surface area (Å²) in [6.07, 6.45) is 7.12. The van der Waals surface area contributed by atoms with Gasteiger partial charge in [0.05, 0.1) is 36.8 Å². The van der Waals surface area contributed by atoms with Crippen molar-refractivity contribution in [3.63, 3.8) is 0 Å². The van der Waals surface area contributed by atoms with Gasteiger partial charge in [-0.1, -0.05) is 31.0 Å². The predicted molar refractivity (Wildman–Crippen MR) is 126 cm³/mol. The van der Waals surface area contributed by atoms with E-state index in [1.807, 2.05) is 18.7 Å². The maximum atomic E-state index is 14.2.